The monoisotopic (exact) mass is 208 g/mol. The lowest BCUT2D eigenvalue weighted by atomic mass is 10.2. The van der Waals surface area contributed by atoms with Crippen LogP contribution in [0.3, 0.4) is 0 Å². The summed E-state index contributed by atoms with van der Waals surface area (Å²) in [6, 6.07) is -1.12. The zero-order valence-electron chi connectivity index (χ0n) is 7.04. The fraction of sp³-hybridized carbons (Fsp3) is 0.571. The predicted molar refractivity (Wildman–Crippen MR) is 46.3 cm³/mol. The zero-order chi connectivity index (χ0) is 9.84. The molecule has 2 N–H and O–H groups in total. The number of halogens is 2. The number of thiazole rings is 1. The fourth-order valence-corrected chi connectivity index (χ4v) is 1.59. The van der Waals surface area contributed by atoms with Gasteiger partial charge >= 0.3 is 0 Å². The molecule has 0 aliphatic rings. The Labute approximate surface area is 78.5 Å². The van der Waals surface area contributed by atoms with Gasteiger partial charge in [-0.1, -0.05) is 11.3 Å². The molecule has 1 aromatic rings. The van der Waals surface area contributed by atoms with Crippen LogP contribution >= 0.6 is 11.3 Å². The van der Waals surface area contributed by atoms with E-state index in [1.807, 2.05) is 0 Å². The van der Waals surface area contributed by atoms with Crippen molar-refractivity contribution < 1.29 is 13.5 Å². The van der Waals surface area contributed by atoms with Crippen LogP contribution in [-0.2, 0) is 6.42 Å². The molecule has 0 aliphatic heterocycles. The van der Waals surface area contributed by atoms with Crippen molar-refractivity contribution in [2.75, 3.05) is 7.11 Å². The van der Waals surface area contributed by atoms with Gasteiger partial charge in [0.05, 0.1) is 13.2 Å². The summed E-state index contributed by atoms with van der Waals surface area (Å²) in [5.41, 5.74) is 5.19. The van der Waals surface area contributed by atoms with E-state index >= 15 is 0 Å². The van der Waals surface area contributed by atoms with Gasteiger partial charge in [0.1, 0.15) is 0 Å². The summed E-state index contributed by atoms with van der Waals surface area (Å²) < 4.78 is 28.9. The van der Waals surface area contributed by atoms with Gasteiger partial charge in [-0.05, 0) is 0 Å². The van der Waals surface area contributed by atoms with E-state index in [1.54, 1.807) is 0 Å². The first-order valence-electron chi connectivity index (χ1n) is 3.66. The van der Waals surface area contributed by atoms with Crippen LogP contribution in [0.5, 0.6) is 5.19 Å². The Morgan fingerprint density at radius 2 is 2.38 bits per heavy atom. The first kappa shape index (κ1) is 10.3. The number of nitrogens with two attached hydrogens (primary N) is 1. The third-order valence-corrected chi connectivity index (χ3v) is 2.45. The van der Waals surface area contributed by atoms with E-state index in [1.165, 1.54) is 24.6 Å². The quantitative estimate of drug-likeness (QED) is 0.811. The molecule has 1 unspecified atom stereocenters. The molecule has 0 aromatic carbocycles. The number of aromatic nitrogens is 1. The van der Waals surface area contributed by atoms with Gasteiger partial charge in [-0.25, -0.2) is 13.8 Å². The molecular formula is C7H10F2N2OS. The third-order valence-electron chi connectivity index (χ3n) is 1.47. The molecule has 1 atom stereocenters. The maximum absolute atomic E-state index is 12.0. The van der Waals surface area contributed by atoms with Crippen molar-refractivity contribution in [3.05, 3.63) is 11.1 Å². The Morgan fingerprint density at radius 1 is 1.69 bits per heavy atom. The largest absolute Gasteiger partial charge is 0.473 e. The van der Waals surface area contributed by atoms with Gasteiger partial charge in [0.2, 0.25) is 0 Å². The Bertz CT molecular complexity index is 267. The normalized spacial score (nSPS) is 13.3. The van der Waals surface area contributed by atoms with E-state index in [9.17, 15) is 8.78 Å². The van der Waals surface area contributed by atoms with Gasteiger partial charge in [0, 0.05) is 17.5 Å². The molecule has 3 nitrogen and oxygen atoms in total. The Kier molecular flexibility index (Phi) is 3.56. The van der Waals surface area contributed by atoms with Gasteiger partial charge in [-0.3, -0.25) is 0 Å². The molecule has 0 saturated heterocycles. The summed E-state index contributed by atoms with van der Waals surface area (Å²) in [6.45, 7) is 0. The van der Waals surface area contributed by atoms with Crippen molar-refractivity contribution in [2.45, 2.75) is 18.9 Å². The van der Waals surface area contributed by atoms with Gasteiger partial charge in [0.25, 0.3) is 11.6 Å². The molecule has 13 heavy (non-hydrogen) atoms. The number of hydrogen-bond donors (Lipinski definition) is 1. The van der Waals surface area contributed by atoms with Crippen molar-refractivity contribution in [3.63, 3.8) is 0 Å². The van der Waals surface area contributed by atoms with Crippen LogP contribution in [0.4, 0.5) is 8.78 Å². The van der Waals surface area contributed by atoms with Crippen LogP contribution in [0.1, 0.15) is 4.88 Å². The maximum atomic E-state index is 12.0. The summed E-state index contributed by atoms with van der Waals surface area (Å²) in [6.07, 6.45) is -0.849. The molecule has 0 radical (unpaired) electrons. The Balaban J connectivity index is 2.53. The predicted octanol–water partition coefficient (Wildman–Crippen LogP) is 1.29. The first-order chi connectivity index (χ1) is 6.13. The molecule has 1 rings (SSSR count). The van der Waals surface area contributed by atoms with Gasteiger partial charge in [0.15, 0.2) is 0 Å². The van der Waals surface area contributed by atoms with Crippen molar-refractivity contribution in [1.82, 2.24) is 4.98 Å². The van der Waals surface area contributed by atoms with Crippen molar-refractivity contribution in [2.24, 2.45) is 5.73 Å². The van der Waals surface area contributed by atoms with Crippen molar-refractivity contribution >= 4 is 11.3 Å². The first-order valence-corrected chi connectivity index (χ1v) is 4.47. The lowest BCUT2D eigenvalue weighted by Gasteiger charge is -2.06. The molecular weight excluding hydrogens is 198 g/mol. The second-order valence-corrected chi connectivity index (χ2v) is 3.58. The van der Waals surface area contributed by atoms with Crippen LogP contribution in [-0.4, -0.2) is 24.6 Å². The average molecular weight is 208 g/mol. The SMILES string of the molecule is COc1ncc(CC(N)C(F)F)s1. The highest BCUT2D eigenvalue weighted by atomic mass is 32.1. The second kappa shape index (κ2) is 4.48. The van der Waals surface area contributed by atoms with Gasteiger partial charge in [-0.15, -0.1) is 0 Å². The fourth-order valence-electron chi connectivity index (χ4n) is 0.800. The molecule has 0 amide bonds. The van der Waals surface area contributed by atoms with E-state index in [4.69, 9.17) is 10.5 Å². The highest BCUT2D eigenvalue weighted by molar-refractivity contribution is 7.13. The summed E-state index contributed by atoms with van der Waals surface area (Å²) in [4.78, 5) is 4.56. The number of methoxy groups -OCH3 is 1. The van der Waals surface area contributed by atoms with Gasteiger partial charge < -0.3 is 10.5 Å². The Hall–Kier alpha value is -0.750. The molecule has 74 valence electrons. The van der Waals surface area contributed by atoms with Crippen LogP contribution in [0.2, 0.25) is 0 Å². The Morgan fingerprint density at radius 3 is 2.85 bits per heavy atom. The van der Waals surface area contributed by atoms with Crippen molar-refractivity contribution in [1.29, 1.82) is 0 Å². The number of rotatable bonds is 4. The lowest BCUT2D eigenvalue weighted by Crippen LogP contribution is -2.30. The molecule has 0 fully saturated rings. The molecule has 6 heteroatoms. The summed E-state index contributed by atoms with van der Waals surface area (Å²) in [7, 11) is 1.48. The van der Waals surface area contributed by atoms with Crippen molar-refractivity contribution in [3.8, 4) is 5.19 Å². The van der Waals surface area contributed by atoms with Crippen LogP contribution < -0.4 is 10.5 Å². The van der Waals surface area contributed by atoms with E-state index in [0.717, 1.165) is 0 Å². The summed E-state index contributed by atoms with van der Waals surface area (Å²) >= 11 is 1.23. The smallest absolute Gasteiger partial charge is 0.273 e. The topological polar surface area (TPSA) is 48.1 Å². The van der Waals surface area contributed by atoms with Gasteiger partial charge in [-0.2, -0.15) is 0 Å². The van der Waals surface area contributed by atoms with Crippen LogP contribution in [0.25, 0.3) is 0 Å². The average Bonchev–Trinajstić information content (AvgIpc) is 2.52. The molecule has 1 heterocycles. The number of ether oxygens (including phenoxy) is 1. The highest BCUT2D eigenvalue weighted by Gasteiger charge is 2.16. The molecule has 0 bridgehead atoms. The number of hydrogen-bond acceptors (Lipinski definition) is 4. The minimum atomic E-state index is -2.49. The van der Waals surface area contributed by atoms with E-state index in [2.05, 4.69) is 4.98 Å². The second-order valence-electron chi connectivity index (χ2n) is 2.50. The third kappa shape index (κ3) is 2.89. The lowest BCUT2D eigenvalue weighted by molar-refractivity contribution is 0.116. The number of nitrogens with zero attached hydrogens (tertiary/aromatic N) is 1. The highest BCUT2D eigenvalue weighted by Crippen LogP contribution is 2.21. The van der Waals surface area contributed by atoms with E-state index in [0.29, 0.717) is 10.1 Å². The summed E-state index contributed by atoms with van der Waals surface area (Å²) in [5.74, 6) is 0. The van der Waals surface area contributed by atoms with Crippen LogP contribution in [0.15, 0.2) is 6.20 Å². The number of alkyl halides is 2. The molecule has 1 aromatic heterocycles. The maximum Gasteiger partial charge on any atom is 0.273 e. The molecule has 0 spiro atoms. The van der Waals surface area contributed by atoms with E-state index < -0.39 is 12.5 Å². The summed E-state index contributed by atoms with van der Waals surface area (Å²) in [5, 5.41) is 0.469. The van der Waals surface area contributed by atoms with E-state index in [-0.39, 0.29) is 6.42 Å². The zero-order valence-corrected chi connectivity index (χ0v) is 7.85. The molecule has 0 saturated carbocycles. The minimum absolute atomic E-state index is 0.138. The standard InChI is InChI=1S/C7H10F2N2OS/c1-12-7-11-3-4(13-7)2-5(10)6(8)9/h3,5-6H,2,10H2,1H3. The van der Waals surface area contributed by atoms with Crippen LogP contribution in [0, 0.1) is 0 Å². The minimum Gasteiger partial charge on any atom is -0.473 e. The molecule has 0 aliphatic carbocycles.